The number of nitrogens with zero attached hydrogens (tertiary/aromatic N) is 1. The molecule has 2 nitrogen and oxygen atoms in total. The van der Waals surface area contributed by atoms with Crippen LogP contribution in [0.2, 0.25) is 0 Å². The van der Waals surface area contributed by atoms with E-state index in [-0.39, 0.29) is 0 Å². The zero-order valence-electron chi connectivity index (χ0n) is 7.85. The molecule has 0 spiro atoms. The topological polar surface area (TPSA) is 29.3 Å². The Morgan fingerprint density at radius 1 is 1.00 bits per heavy atom. The van der Waals surface area contributed by atoms with Crippen LogP contribution in [0.15, 0.2) is 0 Å². The molecule has 0 amide bonds. The van der Waals surface area contributed by atoms with Crippen LogP contribution in [0, 0.1) is 0 Å². The van der Waals surface area contributed by atoms with Crippen molar-refractivity contribution in [2.75, 3.05) is 14.1 Å². The van der Waals surface area contributed by atoms with E-state index >= 15 is 0 Å². The van der Waals surface area contributed by atoms with Gasteiger partial charge in [-0.05, 0) is 0 Å². The average Bonchev–Trinajstić information content (AvgIpc) is 1.82. The summed E-state index contributed by atoms with van der Waals surface area (Å²) in [6.07, 6.45) is 5.54. The molecular weight excluding hydrogens is 124 g/mol. The van der Waals surface area contributed by atoms with E-state index in [4.69, 9.17) is 5.84 Å². The van der Waals surface area contributed by atoms with Crippen molar-refractivity contribution >= 4 is 0 Å². The van der Waals surface area contributed by atoms with Crippen molar-refractivity contribution in [1.29, 1.82) is 0 Å². The molecule has 2 heteroatoms. The molecule has 64 valence electrons. The van der Waals surface area contributed by atoms with Crippen LogP contribution in [0.1, 0.15) is 39.5 Å². The van der Waals surface area contributed by atoms with Crippen molar-refractivity contribution in [3.8, 4) is 0 Å². The van der Waals surface area contributed by atoms with Gasteiger partial charge in [0.05, 0.1) is 0 Å². The van der Waals surface area contributed by atoms with Crippen molar-refractivity contribution in [2.24, 2.45) is 5.84 Å². The summed E-state index contributed by atoms with van der Waals surface area (Å²) in [5, 5.41) is 1.50. The van der Waals surface area contributed by atoms with Gasteiger partial charge in [-0.1, -0.05) is 39.5 Å². The lowest BCUT2D eigenvalue weighted by molar-refractivity contribution is 0.432. The first-order valence-electron chi connectivity index (χ1n) is 4.07. The summed E-state index contributed by atoms with van der Waals surface area (Å²) in [5.74, 6) is 4.94. The summed E-state index contributed by atoms with van der Waals surface area (Å²) in [5.41, 5.74) is 0. The lowest BCUT2D eigenvalue weighted by atomic mass is 10.2. The molecule has 0 radical (unpaired) electrons. The van der Waals surface area contributed by atoms with Crippen molar-refractivity contribution in [3.63, 3.8) is 0 Å². The van der Waals surface area contributed by atoms with Crippen molar-refractivity contribution in [3.05, 3.63) is 0 Å². The predicted molar refractivity (Wildman–Crippen MR) is 47.7 cm³/mol. The number of hydrogen-bond donors (Lipinski definition) is 1. The lowest BCUT2D eigenvalue weighted by Gasteiger charge is -1.91. The van der Waals surface area contributed by atoms with E-state index in [0.717, 1.165) is 0 Å². The van der Waals surface area contributed by atoms with E-state index in [0.29, 0.717) is 0 Å². The largest absolute Gasteiger partial charge is 0.269 e. The molecule has 0 unspecified atom stereocenters. The van der Waals surface area contributed by atoms with Gasteiger partial charge in [-0.25, -0.2) is 0 Å². The molecule has 0 aliphatic heterocycles. The van der Waals surface area contributed by atoms with E-state index in [2.05, 4.69) is 13.8 Å². The van der Waals surface area contributed by atoms with E-state index in [9.17, 15) is 0 Å². The maximum absolute atomic E-state index is 4.94. The van der Waals surface area contributed by atoms with Crippen molar-refractivity contribution < 1.29 is 0 Å². The molecule has 0 heterocycles. The van der Waals surface area contributed by atoms with Crippen molar-refractivity contribution in [1.82, 2.24) is 5.01 Å². The third kappa shape index (κ3) is 44.5. The van der Waals surface area contributed by atoms with Gasteiger partial charge in [-0.15, -0.1) is 0 Å². The third-order valence-corrected chi connectivity index (χ3v) is 0.957. The quantitative estimate of drug-likeness (QED) is 0.375. The van der Waals surface area contributed by atoms with Crippen LogP contribution in [0.4, 0.5) is 0 Å². The number of hydrazine groups is 1. The minimum atomic E-state index is 1.36. The highest BCUT2D eigenvalue weighted by atomic mass is 15.4. The van der Waals surface area contributed by atoms with Gasteiger partial charge in [0.25, 0.3) is 0 Å². The lowest BCUT2D eigenvalue weighted by Crippen LogP contribution is -2.18. The first-order valence-corrected chi connectivity index (χ1v) is 4.07. The van der Waals surface area contributed by atoms with Crippen LogP contribution < -0.4 is 5.84 Å². The van der Waals surface area contributed by atoms with Crippen LogP contribution in [-0.4, -0.2) is 19.1 Å². The average molecular weight is 146 g/mol. The molecule has 0 aliphatic carbocycles. The number of nitrogens with two attached hydrogens (primary N) is 1. The summed E-state index contributed by atoms with van der Waals surface area (Å²) in [4.78, 5) is 0. The molecule has 0 aromatic carbocycles. The highest BCUT2D eigenvalue weighted by molar-refractivity contribution is 4.31. The van der Waals surface area contributed by atoms with Crippen LogP contribution in [0.3, 0.4) is 0 Å². The minimum Gasteiger partial charge on any atom is -0.269 e. The van der Waals surface area contributed by atoms with Gasteiger partial charge >= 0.3 is 0 Å². The molecule has 0 fully saturated rings. The van der Waals surface area contributed by atoms with Gasteiger partial charge in [-0.3, -0.25) is 10.9 Å². The Labute approximate surface area is 65.4 Å². The smallest absolute Gasteiger partial charge is 0.00105 e. The molecular formula is C8H22N2. The fourth-order valence-electron chi connectivity index (χ4n) is 0.500. The standard InChI is InChI=1S/C6H14.C2H8N2/c1-3-5-6-4-2;1-4(2)3/h3-6H2,1-2H3;3H2,1-2H3. The molecule has 0 bridgehead atoms. The molecule has 0 aromatic heterocycles. The Morgan fingerprint density at radius 2 is 1.20 bits per heavy atom. The number of unbranched alkanes of at least 4 members (excludes halogenated alkanes) is 3. The van der Waals surface area contributed by atoms with Gasteiger partial charge in [0.1, 0.15) is 0 Å². The normalized spacial score (nSPS) is 9.00. The number of rotatable bonds is 3. The van der Waals surface area contributed by atoms with Crippen LogP contribution in [0.25, 0.3) is 0 Å². The first kappa shape index (κ1) is 12.6. The molecule has 0 rings (SSSR count). The van der Waals surface area contributed by atoms with E-state index in [1.807, 2.05) is 0 Å². The van der Waals surface area contributed by atoms with E-state index in [1.165, 1.54) is 30.7 Å². The number of hydrogen-bond acceptors (Lipinski definition) is 2. The monoisotopic (exact) mass is 146 g/mol. The van der Waals surface area contributed by atoms with E-state index in [1.54, 1.807) is 14.1 Å². The Kier molecular flexibility index (Phi) is 14.7. The maximum Gasteiger partial charge on any atom is 0.00105 e. The highest BCUT2D eigenvalue weighted by Gasteiger charge is 1.75. The van der Waals surface area contributed by atoms with Crippen LogP contribution in [0.5, 0.6) is 0 Å². The second kappa shape index (κ2) is 11.7. The van der Waals surface area contributed by atoms with Crippen LogP contribution >= 0.6 is 0 Å². The Balaban J connectivity index is 0. The van der Waals surface area contributed by atoms with Gasteiger partial charge in [0.2, 0.25) is 0 Å². The Hall–Kier alpha value is -0.0800. The van der Waals surface area contributed by atoms with Gasteiger partial charge in [0.15, 0.2) is 0 Å². The SMILES string of the molecule is CCCCCC.CN(C)N. The predicted octanol–water partition coefficient (Wildman–Crippen LogP) is 2.01. The summed E-state index contributed by atoms with van der Waals surface area (Å²) in [6, 6.07) is 0. The molecule has 10 heavy (non-hydrogen) atoms. The zero-order valence-corrected chi connectivity index (χ0v) is 7.85. The van der Waals surface area contributed by atoms with E-state index < -0.39 is 0 Å². The molecule has 2 N–H and O–H groups in total. The second-order valence-corrected chi connectivity index (χ2v) is 2.67. The van der Waals surface area contributed by atoms with Crippen LogP contribution in [-0.2, 0) is 0 Å². The molecule has 0 saturated carbocycles. The molecule has 0 aliphatic rings. The minimum absolute atomic E-state index is 1.36. The summed E-state index contributed by atoms with van der Waals surface area (Å²) < 4.78 is 0. The first-order chi connectivity index (χ1) is 4.65. The molecule has 0 aromatic rings. The van der Waals surface area contributed by atoms with Gasteiger partial charge in [-0.2, -0.15) is 0 Å². The second-order valence-electron chi connectivity index (χ2n) is 2.67. The Morgan fingerprint density at radius 3 is 1.30 bits per heavy atom. The fourth-order valence-corrected chi connectivity index (χ4v) is 0.500. The highest BCUT2D eigenvalue weighted by Crippen LogP contribution is 1.95. The summed E-state index contributed by atoms with van der Waals surface area (Å²) >= 11 is 0. The van der Waals surface area contributed by atoms with Gasteiger partial charge in [0, 0.05) is 14.1 Å². The summed E-state index contributed by atoms with van der Waals surface area (Å²) in [6.45, 7) is 4.46. The fraction of sp³-hybridized carbons (Fsp3) is 1.00. The Bertz CT molecular complexity index is 37.8. The maximum atomic E-state index is 4.94. The van der Waals surface area contributed by atoms with Crippen molar-refractivity contribution in [2.45, 2.75) is 39.5 Å². The zero-order chi connectivity index (χ0) is 8.41. The third-order valence-electron chi connectivity index (χ3n) is 0.957. The summed E-state index contributed by atoms with van der Waals surface area (Å²) in [7, 11) is 3.56. The molecule has 0 saturated heterocycles. The molecule has 0 atom stereocenters. The van der Waals surface area contributed by atoms with Gasteiger partial charge < -0.3 is 0 Å².